The van der Waals surface area contributed by atoms with Crippen LogP contribution in [0.5, 0.6) is 28.7 Å². The van der Waals surface area contributed by atoms with E-state index in [2.05, 4.69) is 0 Å². The van der Waals surface area contributed by atoms with E-state index in [1.807, 2.05) is 146 Å². The van der Waals surface area contributed by atoms with Gasteiger partial charge >= 0.3 is 5.97 Å². The van der Waals surface area contributed by atoms with Crippen molar-refractivity contribution in [3.05, 3.63) is 185 Å². The van der Waals surface area contributed by atoms with Gasteiger partial charge in [-0.25, -0.2) is 0 Å². The van der Waals surface area contributed by atoms with Gasteiger partial charge in [-0.3, -0.25) is 4.79 Å². The van der Waals surface area contributed by atoms with Crippen LogP contribution in [0.25, 0.3) is 0 Å². The number of hydrogen-bond acceptors (Lipinski definition) is 13. The van der Waals surface area contributed by atoms with Crippen LogP contribution in [-0.4, -0.2) is 78.0 Å². The minimum atomic E-state index is -1.08. The molecule has 13 nitrogen and oxygen atoms in total. The molecule has 0 spiro atoms. The molecule has 2 saturated heterocycles. The van der Waals surface area contributed by atoms with Crippen molar-refractivity contribution in [1.29, 1.82) is 0 Å². The summed E-state index contributed by atoms with van der Waals surface area (Å²) in [5.41, 5.74) is 6.26. The van der Waals surface area contributed by atoms with E-state index in [1.165, 1.54) is 0 Å². The van der Waals surface area contributed by atoms with E-state index in [0.29, 0.717) is 35.4 Å². The maximum atomic E-state index is 14.3. The quantitative estimate of drug-likeness (QED) is 0.0718. The lowest BCUT2D eigenvalue weighted by Gasteiger charge is -2.48. The summed E-state index contributed by atoms with van der Waals surface area (Å²) < 4.78 is 77.4. The summed E-state index contributed by atoms with van der Waals surface area (Å²) in [6, 6.07) is 47.6. The molecule has 0 unspecified atom stereocenters. The van der Waals surface area contributed by atoms with Gasteiger partial charge in [0.2, 0.25) is 12.5 Å². The average molecular weight is 937 g/mol. The highest BCUT2D eigenvalue weighted by molar-refractivity contribution is 5.79. The number of carbonyl (C=O) groups excluding carboxylic acids is 1. The fraction of sp³-hybridized carbons (Fsp3) is 0.339. The van der Waals surface area contributed by atoms with Crippen LogP contribution in [0.4, 0.5) is 0 Å². The van der Waals surface area contributed by atoms with Crippen molar-refractivity contribution in [2.75, 3.05) is 41.3 Å². The lowest BCUT2D eigenvalue weighted by atomic mass is 9.66. The van der Waals surface area contributed by atoms with Crippen LogP contribution in [0.2, 0.25) is 0 Å². The summed E-state index contributed by atoms with van der Waals surface area (Å²) in [4.78, 5) is 14.3. The third kappa shape index (κ3) is 10.0. The first-order valence-electron chi connectivity index (χ1n) is 23.3. The largest absolute Gasteiger partial charge is 0.493 e. The summed E-state index contributed by atoms with van der Waals surface area (Å²) in [6.45, 7) is 1.37. The summed E-state index contributed by atoms with van der Waals surface area (Å²) in [5.74, 6) is 0.376. The molecule has 0 aromatic heterocycles. The first-order chi connectivity index (χ1) is 34.0. The van der Waals surface area contributed by atoms with E-state index in [-0.39, 0.29) is 45.8 Å². The Kier molecular flexibility index (Phi) is 14.4. The highest BCUT2D eigenvalue weighted by Crippen LogP contribution is 2.57. The molecule has 0 N–H and O–H groups in total. The van der Waals surface area contributed by atoms with E-state index >= 15 is 0 Å². The van der Waals surface area contributed by atoms with Crippen molar-refractivity contribution in [2.45, 2.75) is 69.2 Å². The second-order valence-electron chi connectivity index (χ2n) is 17.5. The van der Waals surface area contributed by atoms with Crippen LogP contribution < -0.4 is 23.7 Å². The minimum absolute atomic E-state index is 0.0457. The van der Waals surface area contributed by atoms with Crippen LogP contribution in [0, 0.1) is 11.8 Å². The molecule has 3 heterocycles. The fourth-order valence-electron chi connectivity index (χ4n) is 9.97. The molecule has 4 aliphatic rings. The van der Waals surface area contributed by atoms with Crippen LogP contribution in [-0.2, 0) is 64.4 Å². The number of methoxy groups -OCH3 is 3. The fourth-order valence-corrected chi connectivity index (χ4v) is 9.97. The molecular weight excluding hydrogens is 881 g/mol. The normalized spacial score (nSPS) is 24.5. The highest BCUT2D eigenvalue weighted by Gasteiger charge is 2.56. The lowest BCUT2D eigenvalue weighted by molar-refractivity contribution is -0.341. The Hall–Kier alpha value is -6.45. The van der Waals surface area contributed by atoms with Gasteiger partial charge < -0.3 is 56.8 Å². The number of fused-ring (bicyclic) bond motifs is 3. The number of hydrogen-bond donors (Lipinski definition) is 0. The maximum absolute atomic E-state index is 14.3. The Morgan fingerprint density at radius 2 is 1.06 bits per heavy atom. The molecule has 69 heavy (non-hydrogen) atoms. The molecule has 0 bridgehead atoms. The second kappa shape index (κ2) is 21.5. The van der Waals surface area contributed by atoms with Gasteiger partial charge in [0.15, 0.2) is 29.3 Å². The predicted octanol–water partition coefficient (Wildman–Crippen LogP) is 9.13. The van der Waals surface area contributed by atoms with Crippen molar-refractivity contribution < 1.29 is 61.6 Å². The predicted molar refractivity (Wildman–Crippen MR) is 252 cm³/mol. The van der Waals surface area contributed by atoms with E-state index in [1.54, 1.807) is 21.3 Å². The van der Waals surface area contributed by atoms with Gasteiger partial charge in [0.1, 0.15) is 24.4 Å². The molecule has 1 aliphatic carbocycles. The van der Waals surface area contributed by atoms with E-state index in [9.17, 15) is 4.79 Å². The van der Waals surface area contributed by atoms with Crippen molar-refractivity contribution in [1.82, 2.24) is 0 Å². The van der Waals surface area contributed by atoms with Gasteiger partial charge in [-0.1, -0.05) is 121 Å². The highest BCUT2D eigenvalue weighted by atomic mass is 16.7. The van der Waals surface area contributed by atoms with E-state index in [4.69, 9.17) is 56.8 Å². The molecule has 0 amide bonds. The zero-order chi connectivity index (χ0) is 47.1. The number of esters is 1. The van der Waals surface area contributed by atoms with Crippen molar-refractivity contribution in [2.24, 2.45) is 11.8 Å². The summed E-state index contributed by atoms with van der Waals surface area (Å²) >= 11 is 0. The Bertz CT molecular complexity index is 2610. The molecule has 2 fully saturated rings. The van der Waals surface area contributed by atoms with Crippen LogP contribution in [0.1, 0.15) is 51.0 Å². The second-order valence-corrected chi connectivity index (χ2v) is 17.5. The lowest BCUT2D eigenvalue weighted by Crippen LogP contribution is -2.62. The van der Waals surface area contributed by atoms with Crippen molar-refractivity contribution >= 4 is 5.97 Å². The van der Waals surface area contributed by atoms with E-state index in [0.717, 1.165) is 38.9 Å². The molecule has 10 rings (SSSR count). The molecule has 6 aromatic rings. The topological polar surface area (TPSA) is 128 Å². The van der Waals surface area contributed by atoms with Gasteiger partial charge in [-0.05, 0) is 63.2 Å². The van der Waals surface area contributed by atoms with Gasteiger partial charge in [0.05, 0.1) is 73.0 Å². The molecule has 0 saturated carbocycles. The van der Waals surface area contributed by atoms with Crippen LogP contribution in [0.3, 0.4) is 0 Å². The monoisotopic (exact) mass is 936 g/mol. The average Bonchev–Trinajstić information content (AvgIpc) is 4.03. The Labute approximate surface area is 402 Å². The van der Waals surface area contributed by atoms with Gasteiger partial charge in [0.25, 0.3) is 0 Å². The minimum Gasteiger partial charge on any atom is -0.493 e. The molecular formula is C56H56O13. The summed E-state index contributed by atoms with van der Waals surface area (Å²) in [5, 5.41) is 0. The number of benzene rings is 6. The summed E-state index contributed by atoms with van der Waals surface area (Å²) in [6.07, 6.45) is -4.84. The molecule has 9 atom stereocenters. The number of carbonyl (C=O) groups is 1. The molecule has 358 valence electrons. The molecule has 6 aromatic carbocycles. The molecule has 3 aliphatic heterocycles. The number of rotatable bonds is 19. The van der Waals surface area contributed by atoms with Gasteiger partial charge in [-0.2, -0.15) is 0 Å². The number of ether oxygens (including phenoxy) is 12. The summed E-state index contributed by atoms with van der Waals surface area (Å²) in [7, 11) is 4.69. The SMILES string of the molecule is COc1cc([C@@H]2c3cc4c(cc3[C@@H](O[C@@H]3O[C@H](COCc5ccccc5)[C@@H](OCc5ccccc5)[C@H](OCc5ccccc5)[C@H]3OCc3ccccc3)[C@H]3COC(=O)[C@H]23)OCO4)cc(OC)c1OC. The van der Waals surface area contributed by atoms with Gasteiger partial charge in [-0.15, -0.1) is 0 Å². The van der Waals surface area contributed by atoms with Crippen molar-refractivity contribution in [3.8, 4) is 28.7 Å². The van der Waals surface area contributed by atoms with E-state index < -0.39 is 54.6 Å². The number of cyclic esters (lactones) is 1. The first-order valence-corrected chi connectivity index (χ1v) is 23.3. The Balaban J connectivity index is 1.07. The zero-order valence-electron chi connectivity index (χ0n) is 38.8. The third-order valence-corrected chi connectivity index (χ3v) is 13.3. The standard InChI is InChI=1S/C56H56O13/c1-58-45-24-39(25-46(59-2)51(45)60-3)48-40-26-43-44(67-34-66-43)27-41(40)50(42-32-65-55(57)49(42)48)69-56-54(64-31-38-22-14-7-15-23-38)53(63-30-37-20-12-6-13-21-37)52(62-29-36-18-10-5-11-19-36)47(68-56)33-61-28-35-16-8-4-9-17-35/h4-27,42,47-50,52-54,56H,28-34H2,1-3H3/t42-,47+,48+,49-,50+,52+,53-,54+,56-/m0/s1. The molecule has 13 heteroatoms. The Morgan fingerprint density at radius 3 is 1.59 bits per heavy atom. The van der Waals surface area contributed by atoms with Crippen molar-refractivity contribution in [3.63, 3.8) is 0 Å². The third-order valence-electron chi connectivity index (χ3n) is 13.3. The van der Waals surface area contributed by atoms with Crippen LogP contribution in [0.15, 0.2) is 146 Å². The Morgan fingerprint density at radius 1 is 0.551 bits per heavy atom. The maximum Gasteiger partial charge on any atom is 0.310 e. The first kappa shape index (κ1) is 46.3. The van der Waals surface area contributed by atoms with Gasteiger partial charge in [0, 0.05) is 11.8 Å². The smallest absolute Gasteiger partial charge is 0.310 e. The zero-order valence-corrected chi connectivity index (χ0v) is 38.8. The van der Waals surface area contributed by atoms with Crippen LogP contribution >= 0.6 is 0 Å². The molecule has 0 radical (unpaired) electrons.